The van der Waals surface area contributed by atoms with Gasteiger partial charge >= 0.3 is 0 Å². The van der Waals surface area contributed by atoms with Crippen molar-refractivity contribution in [3.05, 3.63) is 23.8 Å². The second-order valence-corrected chi connectivity index (χ2v) is 4.65. The van der Waals surface area contributed by atoms with Crippen LogP contribution in [-0.2, 0) is 0 Å². The van der Waals surface area contributed by atoms with Crippen LogP contribution >= 0.6 is 0 Å². The average Bonchev–Trinajstić information content (AvgIpc) is 2.65. The third kappa shape index (κ3) is 1.45. The van der Waals surface area contributed by atoms with Gasteiger partial charge in [0.2, 0.25) is 0 Å². The van der Waals surface area contributed by atoms with Gasteiger partial charge in [-0.3, -0.25) is 0 Å². The van der Waals surface area contributed by atoms with Crippen molar-refractivity contribution in [1.29, 1.82) is 0 Å². The fourth-order valence-corrected chi connectivity index (χ4v) is 2.61. The van der Waals surface area contributed by atoms with Crippen molar-refractivity contribution in [2.45, 2.75) is 24.5 Å². The molecule has 0 aliphatic carbocycles. The van der Waals surface area contributed by atoms with Crippen LogP contribution in [0.25, 0.3) is 0 Å². The topological polar surface area (TPSA) is 61.7 Å². The van der Waals surface area contributed by atoms with E-state index >= 15 is 0 Å². The highest BCUT2D eigenvalue weighted by atomic mass is 16.5. The molecule has 4 heteroatoms. The van der Waals surface area contributed by atoms with Gasteiger partial charge in [0.25, 0.3) is 0 Å². The lowest BCUT2D eigenvalue weighted by Crippen LogP contribution is -2.42. The molecular formula is C12H15NO3. The second-order valence-electron chi connectivity index (χ2n) is 4.65. The number of aliphatic hydroxyl groups is 1. The molecule has 2 aliphatic rings. The van der Waals surface area contributed by atoms with Crippen molar-refractivity contribution in [3.8, 4) is 11.5 Å². The summed E-state index contributed by atoms with van der Waals surface area (Å²) < 4.78 is 5.95. The number of benzene rings is 1. The first-order chi connectivity index (χ1) is 7.69. The van der Waals surface area contributed by atoms with Gasteiger partial charge in [-0.1, -0.05) is 0 Å². The van der Waals surface area contributed by atoms with E-state index in [0.717, 1.165) is 25.1 Å². The van der Waals surface area contributed by atoms with Gasteiger partial charge in [-0.25, -0.2) is 0 Å². The highest BCUT2D eigenvalue weighted by molar-refractivity contribution is 5.43. The van der Waals surface area contributed by atoms with Crippen molar-refractivity contribution in [2.75, 3.05) is 13.1 Å². The number of aromatic hydroxyl groups is 1. The molecule has 1 spiro atoms. The summed E-state index contributed by atoms with van der Waals surface area (Å²) >= 11 is 0. The summed E-state index contributed by atoms with van der Waals surface area (Å²) in [6, 6.07) is 4.89. The minimum Gasteiger partial charge on any atom is -0.508 e. The molecule has 86 valence electrons. The summed E-state index contributed by atoms with van der Waals surface area (Å²) in [4.78, 5) is 0. The number of hydrogen-bond donors (Lipinski definition) is 3. The molecule has 3 N–H and O–H groups in total. The number of phenolic OH excluding ortho intramolecular Hbond substituents is 1. The first-order valence-corrected chi connectivity index (χ1v) is 5.59. The van der Waals surface area contributed by atoms with E-state index in [0.29, 0.717) is 12.2 Å². The van der Waals surface area contributed by atoms with Crippen LogP contribution in [-0.4, -0.2) is 28.9 Å². The molecule has 2 atom stereocenters. The predicted octanol–water partition coefficient (Wildman–Crippen LogP) is 0.940. The molecule has 1 fully saturated rings. The Morgan fingerprint density at radius 3 is 3.06 bits per heavy atom. The van der Waals surface area contributed by atoms with E-state index in [1.165, 1.54) is 0 Å². The summed E-state index contributed by atoms with van der Waals surface area (Å²) in [5, 5.41) is 22.8. The van der Waals surface area contributed by atoms with E-state index in [-0.39, 0.29) is 11.4 Å². The molecule has 0 radical (unpaired) electrons. The summed E-state index contributed by atoms with van der Waals surface area (Å²) in [5.74, 6) is 0.788. The minimum absolute atomic E-state index is 0.175. The Morgan fingerprint density at radius 2 is 2.31 bits per heavy atom. The van der Waals surface area contributed by atoms with E-state index in [4.69, 9.17) is 4.74 Å². The molecule has 0 amide bonds. The van der Waals surface area contributed by atoms with Gasteiger partial charge in [-0.15, -0.1) is 0 Å². The van der Waals surface area contributed by atoms with E-state index in [9.17, 15) is 10.2 Å². The fraction of sp³-hybridized carbons (Fsp3) is 0.500. The SMILES string of the molecule is Oc1ccc2c(c1)OC1(CCNC1)CC2O. The Balaban J connectivity index is 2.00. The second kappa shape index (κ2) is 3.37. The molecule has 0 aromatic heterocycles. The molecule has 16 heavy (non-hydrogen) atoms. The Labute approximate surface area is 93.9 Å². The minimum atomic E-state index is -0.496. The number of nitrogens with one attached hydrogen (secondary N) is 1. The molecule has 3 rings (SSSR count). The zero-order chi connectivity index (χ0) is 11.2. The normalized spacial score (nSPS) is 32.4. The van der Waals surface area contributed by atoms with Crippen LogP contribution < -0.4 is 10.1 Å². The lowest BCUT2D eigenvalue weighted by molar-refractivity contribution is -0.000448. The first kappa shape index (κ1) is 9.93. The quantitative estimate of drug-likeness (QED) is 0.610. The average molecular weight is 221 g/mol. The van der Waals surface area contributed by atoms with E-state index < -0.39 is 6.10 Å². The maximum Gasteiger partial charge on any atom is 0.129 e. The first-order valence-electron chi connectivity index (χ1n) is 5.59. The van der Waals surface area contributed by atoms with Crippen LogP contribution in [0.1, 0.15) is 24.5 Å². The highest BCUT2D eigenvalue weighted by Crippen LogP contribution is 2.43. The van der Waals surface area contributed by atoms with Crippen molar-refractivity contribution in [3.63, 3.8) is 0 Å². The molecule has 2 aliphatic heterocycles. The summed E-state index contributed by atoms with van der Waals surface area (Å²) in [5.41, 5.74) is 0.482. The largest absolute Gasteiger partial charge is 0.508 e. The molecule has 4 nitrogen and oxygen atoms in total. The predicted molar refractivity (Wildman–Crippen MR) is 58.5 cm³/mol. The number of ether oxygens (including phenoxy) is 1. The maximum atomic E-state index is 10.1. The van der Waals surface area contributed by atoms with Crippen LogP contribution in [0.3, 0.4) is 0 Å². The lowest BCUT2D eigenvalue weighted by atomic mass is 9.88. The van der Waals surface area contributed by atoms with Crippen LogP contribution in [0, 0.1) is 0 Å². The number of fused-ring (bicyclic) bond motifs is 1. The van der Waals surface area contributed by atoms with Gasteiger partial charge in [-0.2, -0.15) is 0 Å². The number of phenols is 1. The summed E-state index contributed by atoms with van der Waals surface area (Å²) in [7, 11) is 0. The third-order valence-corrected chi connectivity index (χ3v) is 3.45. The Morgan fingerprint density at radius 1 is 1.44 bits per heavy atom. The molecule has 1 aromatic carbocycles. The number of rotatable bonds is 0. The Hall–Kier alpha value is -1.26. The van der Waals surface area contributed by atoms with Gasteiger partial charge < -0.3 is 20.3 Å². The van der Waals surface area contributed by atoms with Crippen molar-refractivity contribution in [1.82, 2.24) is 5.32 Å². The van der Waals surface area contributed by atoms with Crippen molar-refractivity contribution >= 4 is 0 Å². The summed E-state index contributed by atoms with van der Waals surface area (Å²) in [6.45, 7) is 1.68. The number of hydrogen-bond acceptors (Lipinski definition) is 4. The molecule has 0 bridgehead atoms. The fourth-order valence-electron chi connectivity index (χ4n) is 2.61. The lowest BCUT2D eigenvalue weighted by Gasteiger charge is -2.37. The van der Waals surface area contributed by atoms with Gasteiger partial charge in [0.15, 0.2) is 0 Å². The molecule has 1 saturated heterocycles. The van der Waals surface area contributed by atoms with Crippen LogP contribution in [0.4, 0.5) is 0 Å². The maximum absolute atomic E-state index is 10.1. The monoisotopic (exact) mass is 221 g/mol. The molecule has 1 aromatic rings. The molecule has 2 heterocycles. The van der Waals surface area contributed by atoms with Crippen molar-refractivity contribution in [2.24, 2.45) is 0 Å². The van der Waals surface area contributed by atoms with Crippen molar-refractivity contribution < 1.29 is 14.9 Å². The van der Waals surface area contributed by atoms with Gasteiger partial charge in [0.05, 0.1) is 6.10 Å². The molecule has 2 unspecified atom stereocenters. The Bertz CT molecular complexity index is 413. The third-order valence-electron chi connectivity index (χ3n) is 3.45. The van der Waals surface area contributed by atoms with Crippen LogP contribution in [0.2, 0.25) is 0 Å². The number of aliphatic hydroxyl groups excluding tert-OH is 1. The van der Waals surface area contributed by atoms with Crippen LogP contribution in [0.5, 0.6) is 11.5 Å². The van der Waals surface area contributed by atoms with E-state index in [1.54, 1.807) is 18.2 Å². The smallest absolute Gasteiger partial charge is 0.129 e. The summed E-state index contributed by atoms with van der Waals surface area (Å²) in [6.07, 6.45) is 1.03. The van der Waals surface area contributed by atoms with Crippen LogP contribution in [0.15, 0.2) is 18.2 Å². The standard InChI is InChI=1S/C12H15NO3/c14-8-1-2-9-10(15)6-12(3-4-13-7-12)16-11(9)5-8/h1-2,5,10,13-15H,3-4,6-7H2. The zero-order valence-electron chi connectivity index (χ0n) is 8.94. The molecule has 0 saturated carbocycles. The zero-order valence-corrected chi connectivity index (χ0v) is 8.94. The highest BCUT2D eigenvalue weighted by Gasteiger charge is 2.42. The van der Waals surface area contributed by atoms with E-state index in [1.807, 2.05) is 0 Å². The Kier molecular flexibility index (Phi) is 2.09. The van der Waals surface area contributed by atoms with Gasteiger partial charge in [0, 0.05) is 31.0 Å². The van der Waals surface area contributed by atoms with E-state index in [2.05, 4.69) is 5.32 Å². The molecular weight excluding hydrogens is 206 g/mol. The van der Waals surface area contributed by atoms with Gasteiger partial charge in [0.1, 0.15) is 17.1 Å². The van der Waals surface area contributed by atoms with Gasteiger partial charge in [-0.05, 0) is 18.7 Å².